The summed E-state index contributed by atoms with van der Waals surface area (Å²) in [6.45, 7) is 0. The lowest BCUT2D eigenvalue weighted by molar-refractivity contribution is 0.669. The maximum atomic E-state index is 6.44. The molecule has 6 heteroatoms. The van der Waals surface area contributed by atoms with Crippen molar-refractivity contribution in [2.75, 3.05) is 0 Å². The Balaban J connectivity index is 0.997. The van der Waals surface area contributed by atoms with E-state index < -0.39 is 0 Å². The molecular weight excluding hydrogens is 699 g/mol. The quantitative estimate of drug-likeness (QED) is 0.177. The molecule has 266 valence electrons. The van der Waals surface area contributed by atoms with Crippen LogP contribution in [0, 0.1) is 0 Å². The van der Waals surface area contributed by atoms with Gasteiger partial charge in [-0.25, -0.2) is 0 Å². The lowest BCUT2D eigenvalue weighted by Gasteiger charge is -2.11. The first-order valence-electron chi connectivity index (χ1n) is 19.1. The van der Waals surface area contributed by atoms with E-state index in [1.54, 1.807) is 0 Å². The van der Waals surface area contributed by atoms with Crippen molar-refractivity contribution >= 4 is 65.8 Å². The average molecular weight is 730 g/mol. The largest absolute Gasteiger partial charge is 0.456 e. The molecule has 12 aromatic rings. The molecule has 0 radical (unpaired) electrons. The highest BCUT2D eigenvalue weighted by Gasteiger charge is 2.19. The van der Waals surface area contributed by atoms with E-state index in [1.165, 1.54) is 0 Å². The molecule has 0 unspecified atom stereocenters. The van der Waals surface area contributed by atoms with Gasteiger partial charge in [-0.3, -0.25) is 15.0 Å². The first kappa shape index (κ1) is 31.5. The summed E-state index contributed by atoms with van der Waals surface area (Å²) in [5, 5.41) is 4.35. The third-order valence-corrected chi connectivity index (χ3v) is 11.3. The molecule has 0 aliphatic heterocycles. The highest BCUT2D eigenvalue weighted by molar-refractivity contribution is 6.12. The Morgan fingerprint density at radius 3 is 1.63 bits per heavy atom. The number of benzene rings is 6. The summed E-state index contributed by atoms with van der Waals surface area (Å²) >= 11 is 0. The van der Waals surface area contributed by atoms with Crippen molar-refractivity contribution < 1.29 is 4.42 Å². The van der Waals surface area contributed by atoms with Crippen molar-refractivity contribution in [3.05, 3.63) is 188 Å². The number of furan rings is 1. The monoisotopic (exact) mass is 729 g/mol. The minimum absolute atomic E-state index is 0.851. The number of rotatable bonds is 5. The Hall–Kier alpha value is -7.83. The highest BCUT2D eigenvalue weighted by atomic mass is 16.3. The molecule has 0 aliphatic carbocycles. The molecule has 0 N–H and O–H groups in total. The SMILES string of the molecule is c1ccc(-n2c3ccc(-c4ccc5oc6ccc(-n7c8ccc(-c9ccccc9-c9ccccn9)cc8c8ncccc87)cc6c5c4)cc3c3ncccc32)cc1. The molecule has 0 bridgehead atoms. The van der Waals surface area contributed by atoms with E-state index in [0.717, 1.165) is 111 Å². The van der Waals surface area contributed by atoms with Crippen LogP contribution < -0.4 is 0 Å². The fraction of sp³-hybridized carbons (Fsp3) is 0. The summed E-state index contributed by atoms with van der Waals surface area (Å²) in [4.78, 5) is 14.4. The molecule has 0 amide bonds. The van der Waals surface area contributed by atoms with Crippen molar-refractivity contribution in [2.24, 2.45) is 0 Å². The van der Waals surface area contributed by atoms with E-state index in [4.69, 9.17) is 14.4 Å². The lowest BCUT2D eigenvalue weighted by Crippen LogP contribution is -1.94. The van der Waals surface area contributed by atoms with Crippen LogP contribution in [0.3, 0.4) is 0 Å². The van der Waals surface area contributed by atoms with Crippen LogP contribution in [0.5, 0.6) is 0 Å². The van der Waals surface area contributed by atoms with Gasteiger partial charge in [0, 0.05) is 57.1 Å². The fourth-order valence-corrected chi connectivity index (χ4v) is 8.72. The fourth-order valence-electron chi connectivity index (χ4n) is 8.72. The lowest BCUT2D eigenvalue weighted by atomic mass is 9.96. The van der Waals surface area contributed by atoms with Crippen molar-refractivity contribution in [3.8, 4) is 44.9 Å². The maximum Gasteiger partial charge on any atom is 0.135 e. The van der Waals surface area contributed by atoms with Crippen molar-refractivity contribution in [1.82, 2.24) is 24.1 Å². The van der Waals surface area contributed by atoms with E-state index >= 15 is 0 Å². The first-order valence-corrected chi connectivity index (χ1v) is 19.1. The van der Waals surface area contributed by atoms with Gasteiger partial charge in [0.25, 0.3) is 0 Å². The molecule has 0 atom stereocenters. The molecule has 0 saturated heterocycles. The predicted molar refractivity (Wildman–Crippen MR) is 232 cm³/mol. The number of aromatic nitrogens is 5. The normalized spacial score (nSPS) is 11.9. The Morgan fingerprint density at radius 1 is 0.351 bits per heavy atom. The minimum Gasteiger partial charge on any atom is -0.456 e. The number of hydrogen-bond donors (Lipinski definition) is 0. The summed E-state index contributed by atoms with van der Waals surface area (Å²) in [5.41, 5.74) is 16.7. The van der Waals surface area contributed by atoms with Gasteiger partial charge in [0.15, 0.2) is 0 Å². The Bertz CT molecular complexity index is 3520. The van der Waals surface area contributed by atoms with Gasteiger partial charge in [-0.1, -0.05) is 66.7 Å². The van der Waals surface area contributed by atoms with Gasteiger partial charge < -0.3 is 13.6 Å². The van der Waals surface area contributed by atoms with Crippen LogP contribution in [0.2, 0.25) is 0 Å². The molecule has 6 heterocycles. The number of hydrogen-bond acceptors (Lipinski definition) is 4. The third kappa shape index (κ3) is 4.87. The maximum absolute atomic E-state index is 6.44. The van der Waals surface area contributed by atoms with Crippen molar-refractivity contribution in [1.29, 1.82) is 0 Å². The molecule has 57 heavy (non-hydrogen) atoms. The molecule has 0 spiro atoms. The van der Waals surface area contributed by atoms with E-state index in [-0.39, 0.29) is 0 Å². The van der Waals surface area contributed by atoms with E-state index in [9.17, 15) is 0 Å². The van der Waals surface area contributed by atoms with Gasteiger partial charge in [-0.05, 0) is 125 Å². The zero-order valence-electron chi connectivity index (χ0n) is 30.5. The number of nitrogens with zero attached hydrogens (tertiary/aromatic N) is 5. The van der Waals surface area contributed by atoms with Gasteiger partial charge >= 0.3 is 0 Å². The zero-order chi connectivity index (χ0) is 37.5. The molecule has 0 saturated carbocycles. The second-order valence-electron chi connectivity index (χ2n) is 14.5. The van der Waals surface area contributed by atoms with Crippen LogP contribution >= 0.6 is 0 Å². The molecule has 0 aliphatic rings. The van der Waals surface area contributed by atoms with Crippen molar-refractivity contribution in [2.45, 2.75) is 0 Å². The van der Waals surface area contributed by atoms with Crippen LogP contribution in [0.4, 0.5) is 0 Å². The van der Waals surface area contributed by atoms with E-state index in [2.05, 4.69) is 154 Å². The molecule has 12 rings (SSSR count). The smallest absolute Gasteiger partial charge is 0.135 e. The molecule has 0 fully saturated rings. The van der Waals surface area contributed by atoms with Gasteiger partial charge in [-0.15, -0.1) is 0 Å². The zero-order valence-corrected chi connectivity index (χ0v) is 30.5. The van der Waals surface area contributed by atoms with Crippen LogP contribution in [-0.4, -0.2) is 24.1 Å². The van der Waals surface area contributed by atoms with Crippen LogP contribution in [0.25, 0.3) is 111 Å². The number of para-hydroxylation sites is 1. The highest BCUT2D eigenvalue weighted by Crippen LogP contribution is 2.40. The van der Waals surface area contributed by atoms with Gasteiger partial charge in [0.2, 0.25) is 0 Å². The van der Waals surface area contributed by atoms with Gasteiger partial charge in [-0.2, -0.15) is 0 Å². The Kier molecular flexibility index (Phi) is 6.83. The summed E-state index contributed by atoms with van der Waals surface area (Å²) in [5.74, 6) is 0. The molecule has 6 aromatic heterocycles. The second-order valence-corrected chi connectivity index (χ2v) is 14.5. The Morgan fingerprint density at radius 2 is 0.912 bits per heavy atom. The molecular formula is C51H31N5O. The van der Waals surface area contributed by atoms with Crippen molar-refractivity contribution in [3.63, 3.8) is 0 Å². The number of pyridine rings is 3. The van der Waals surface area contributed by atoms with E-state index in [1.807, 2.05) is 48.9 Å². The first-order chi connectivity index (χ1) is 28.3. The standard InChI is InChI=1S/C51H31N5O/c1-2-10-35(11-3-1)55-44-21-17-32(29-41(44)50-46(55)15-8-26-53-50)33-19-23-48-39(28-33)40-31-36(20-24-49(40)57-48)56-45-22-18-34(30-42(45)51-47(56)16-9-27-54-51)37-12-4-5-13-38(37)43-14-6-7-25-52-43/h1-31H. The Labute approximate surface area is 326 Å². The summed E-state index contributed by atoms with van der Waals surface area (Å²) in [7, 11) is 0. The number of fused-ring (bicyclic) bond motifs is 9. The summed E-state index contributed by atoms with van der Waals surface area (Å²) in [6, 6.07) is 59.7. The third-order valence-electron chi connectivity index (χ3n) is 11.3. The second kappa shape index (κ2) is 12.3. The van der Waals surface area contributed by atoms with Gasteiger partial charge in [0.05, 0.1) is 38.8 Å². The van der Waals surface area contributed by atoms with Crippen LogP contribution in [-0.2, 0) is 0 Å². The predicted octanol–water partition coefficient (Wildman–Crippen LogP) is 13.0. The van der Waals surface area contributed by atoms with Crippen LogP contribution in [0.15, 0.2) is 193 Å². The average Bonchev–Trinajstić information content (AvgIpc) is 3.93. The van der Waals surface area contributed by atoms with Gasteiger partial charge in [0.1, 0.15) is 11.2 Å². The topological polar surface area (TPSA) is 61.7 Å². The van der Waals surface area contributed by atoms with Crippen LogP contribution in [0.1, 0.15) is 0 Å². The summed E-state index contributed by atoms with van der Waals surface area (Å²) < 4.78 is 11.1. The summed E-state index contributed by atoms with van der Waals surface area (Å²) in [6.07, 6.45) is 5.60. The minimum atomic E-state index is 0.851. The molecule has 6 aromatic carbocycles. The van der Waals surface area contributed by atoms with E-state index in [0.29, 0.717) is 0 Å². The molecule has 6 nitrogen and oxygen atoms in total.